The van der Waals surface area contributed by atoms with Crippen molar-refractivity contribution in [2.75, 3.05) is 20.8 Å². The molecular weight excluding hydrogens is 471 g/mol. The summed E-state index contributed by atoms with van der Waals surface area (Å²) in [7, 11) is 3.27. The van der Waals surface area contributed by atoms with Crippen molar-refractivity contribution in [2.45, 2.75) is 25.3 Å². The Morgan fingerprint density at radius 2 is 1.68 bits per heavy atom. The lowest BCUT2D eigenvalue weighted by Gasteiger charge is -2.29. The number of halogens is 1. The number of para-hydroxylation sites is 1. The molecule has 0 aromatic heterocycles. The minimum Gasteiger partial charge on any atom is -0.497 e. The fourth-order valence-corrected chi connectivity index (χ4v) is 5.01. The molecule has 6 nitrogen and oxygen atoms in total. The van der Waals surface area contributed by atoms with Crippen LogP contribution in [0, 0.1) is 11.7 Å². The first-order chi connectivity index (χ1) is 18.1. The third-order valence-corrected chi connectivity index (χ3v) is 6.86. The summed E-state index contributed by atoms with van der Waals surface area (Å²) in [4.78, 5) is 13.4. The number of hydrazone groups is 1. The molecule has 0 bridgehead atoms. The number of methoxy groups -OCH3 is 2. The summed E-state index contributed by atoms with van der Waals surface area (Å²) in [6.45, 7) is -0.311. The number of allylic oxidation sites excluding steroid dienone is 1. The Bertz CT molecular complexity index is 1320. The highest BCUT2D eigenvalue weighted by Gasteiger charge is 2.43. The number of carbonyl (C=O) groups excluding carboxylic acids is 1. The molecule has 2 aliphatic rings. The third-order valence-electron chi connectivity index (χ3n) is 6.86. The van der Waals surface area contributed by atoms with Crippen LogP contribution in [0.5, 0.6) is 17.2 Å². The maximum absolute atomic E-state index is 14.1. The monoisotopic (exact) mass is 500 g/mol. The molecule has 1 aliphatic heterocycles. The standard InChI is InChI=1S/C30H29FN2O4/c1-35-23-14-10-20(11-15-23)18-22-6-5-7-25-29(22)32-33(30(25)21-12-16-24(36-2)17-13-21)28(34)19-37-27-9-4-3-8-26(27)31/h3-4,8-18,25,30H,5-7,19H2,1-2H3/b22-18-. The van der Waals surface area contributed by atoms with Gasteiger partial charge in [-0.05, 0) is 78.4 Å². The number of ether oxygens (including phenoxy) is 3. The van der Waals surface area contributed by atoms with Gasteiger partial charge >= 0.3 is 0 Å². The summed E-state index contributed by atoms with van der Waals surface area (Å²) < 4.78 is 30.2. The molecule has 3 aromatic rings. The molecular formula is C30H29FN2O4. The minimum atomic E-state index is -0.506. The van der Waals surface area contributed by atoms with Crippen molar-refractivity contribution < 1.29 is 23.4 Å². The molecule has 1 saturated carbocycles. The van der Waals surface area contributed by atoms with Gasteiger partial charge in [0, 0.05) is 5.92 Å². The van der Waals surface area contributed by atoms with E-state index in [0.29, 0.717) is 0 Å². The maximum Gasteiger partial charge on any atom is 0.281 e. The molecule has 0 radical (unpaired) electrons. The fraction of sp³-hybridized carbons (Fsp3) is 0.267. The van der Waals surface area contributed by atoms with Crippen LogP contribution in [0.15, 0.2) is 83.5 Å². The van der Waals surface area contributed by atoms with E-state index in [1.807, 2.05) is 48.5 Å². The number of hydrogen-bond donors (Lipinski definition) is 0. The van der Waals surface area contributed by atoms with Gasteiger partial charge in [0.25, 0.3) is 5.91 Å². The SMILES string of the molecule is COc1ccc(/C=C2/CCCC3C2=NN(C(=O)COc2ccccc2F)C3c2ccc(OC)cc2)cc1. The van der Waals surface area contributed by atoms with Crippen molar-refractivity contribution in [2.24, 2.45) is 11.0 Å². The topological polar surface area (TPSA) is 60.4 Å². The van der Waals surface area contributed by atoms with Crippen LogP contribution in [0.25, 0.3) is 6.08 Å². The summed E-state index contributed by atoms with van der Waals surface area (Å²) in [5, 5.41) is 6.38. The lowest BCUT2D eigenvalue weighted by Crippen LogP contribution is -2.34. The van der Waals surface area contributed by atoms with E-state index < -0.39 is 5.82 Å². The molecule has 1 fully saturated rings. The molecule has 1 heterocycles. The Morgan fingerprint density at radius 3 is 2.35 bits per heavy atom. The zero-order valence-electron chi connectivity index (χ0n) is 20.9. The quantitative estimate of drug-likeness (QED) is 0.397. The largest absolute Gasteiger partial charge is 0.497 e. The first-order valence-electron chi connectivity index (χ1n) is 12.3. The van der Waals surface area contributed by atoms with E-state index in [2.05, 4.69) is 6.08 Å². The smallest absolute Gasteiger partial charge is 0.281 e. The van der Waals surface area contributed by atoms with Crippen molar-refractivity contribution in [3.8, 4) is 17.2 Å². The zero-order chi connectivity index (χ0) is 25.8. The van der Waals surface area contributed by atoms with E-state index in [1.165, 1.54) is 17.1 Å². The fourth-order valence-electron chi connectivity index (χ4n) is 5.01. The summed E-state index contributed by atoms with van der Waals surface area (Å²) in [5.74, 6) is 0.800. The molecule has 0 saturated heterocycles. The Hall–Kier alpha value is -4.13. The summed E-state index contributed by atoms with van der Waals surface area (Å²) in [6.07, 6.45) is 4.92. The number of rotatable bonds is 7. The Labute approximate surface area is 216 Å². The van der Waals surface area contributed by atoms with Crippen molar-refractivity contribution in [3.63, 3.8) is 0 Å². The molecule has 3 aromatic carbocycles. The lowest BCUT2D eigenvalue weighted by atomic mass is 9.77. The van der Waals surface area contributed by atoms with Gasteiger partial charge in [-0.25, -0.2) is 9.40 Å². The van der Waals surface area contributed by atoms with Crippen molar-refractivity contribution in [3.05, 3.63) is 95.3 Å². The predicted octanol–water partition coefficient (Wildman–Crippen LogP) is 6.04. The number of benzene rings is 3. The third kappa shape index (κ3) is 5.21. The highest BCUT2D eigenvalue weighted by atomic mass is 19.1. The second-order valence-electron chi connectivity index (χ2n) is 9.10. The molecule has 0 N–H and O–H groups in total. The van der Waals surface area contributed by atoms with Crippen LogP contribution in [0.4, 0.5) is 4.39 Å². The molecule has 1 aliphatic carbocycles. The van der Waals surface area contributed by atoms with Crippen molar-refractivity contribution >= 4 is 17.7 Å². The number of hydrogen-bond acceptors (Lipinski definition) is 5. The molecule has 7 heteroatoms. The Balaban J connectivity index is 1.46. The Morgan fingerprint density at radius 1 is 1.00 bits per heavy atom. The van der Waals surface area contributed by atoms with Crippen LogP contribution in [-0.2, 0) is 4.79 Å². The second-order valence-corrected chi connectivity index (χ2v) is 9.10. The molecule has 37 heavy (non-hydrogen) atoms. The molecule has 190 valence electrons. The molecule has 2 atom stereocenters. The first-order valence-corrected chi connectivity index (χ1v) is 12.3. The van der Waals surface area contributed by atoms with Gasteiger partial charge in [-0.1, -0.05) is 36.4 Å². The number of carbonyl (C=O) groups is 1. The van der Waals surface area contributed by atoms with Gasteiger partial charge in [0.1, 0.15) is 11.5 Å². The second kappa shape index (κ2) is 10.9. The summed E-state index contributed by atoms with van der Waals surface area (Å²) in [5.41, 5.74) is 4.05. The van der Waals surface area contributed by atoms with E-state index >= 15 is 0 Å². The highest BCUT2D eigenvalue weighted by molar-refractivity contribution is 6.08. The Kier molecular flexibility index (Phi) is 7.21. The summed E-state index contributed by atoms with van der Waals surface area (Å²) in [6, 6.07) is 21.4. The minimum absolute atomic E-state index is 0.0428. The molecule has 5 rings (SSSR count). The van der Waals surface area contributed by atoms with Gasteiger partial charge in [0.2, 0.25) is 0 Å². The predicted molar refractivity (Wildman–Crippen MR) is 140 cm³/mol. The molecule has 1 amide bonds. The zero-order valence-corrected chi connectivity index (χ0v) is 20.9. The van der Waals surface area contributed by atoms with E-state index in [-0.39, 0.29) is 30.2 Å². The normalized spacial score (nSPS) is 19.8. The van der Waals surface area contributed by atoms with Crippen LogP contribution >= 0.6 is 0 Å². The van der Waals surface area contributed by atoms with Crippen LogP contribution in [-0.4, -0.2) is 37.5 Å². The van der Waals surface area contributed by atoms with E-state index in [4.69, 9.17) is 19.3 Å². The van der Waals surface area contributed by atoms with Crippen LogP contribution in [0.2, 0.25) is 0 Å². The van der Waals surface area contributed by atoms with Crippen LogP contribution in [0.3, 0.4) is 0 Å². The van der Waals surface area contributed by atoms with Crippen LogP contribution in [0.1, 0.15) is 36.4 Å². The molecule has 2 unspecified atom stereocenters. The summed E-state index contributed by atoms with van der Waals surface area (Å²) >= 11 is 0. The van der Waals surface area contributed by atoms with Gasteiger partial charge in [-0.3, -0.25) is 4.79 Å². The van der Waals surface area contributed by atoms with Crippen LogP contribution < -0.4 is 14.2 Å². The number of amides is 1. The first kappa shape index (κ1) is 24.6. The van der Waals surface area contributed by atoms with Gasteiger partial charge in [0.05, 0.1) is 26.0 Å². The van der Waals surface area contributed by atoms with Crippen molar-refractivity contribution in [1.29, 1.82) is 0 Å². The average molecular weight is 501 g/mol. The van der Waals surface area contributed by atoms with E-state index in [0.717, 1.165) is 53.2 Å². The van der Waals surface area contributed by atoms with E-state index in [1.54, 1.807) is 26.4 Å². The van der Waals surface area contributed by atoms with E-state index in [9.17, 15) is 9.18 Å². The average Bonchev–Trinajstić information content (AvgIpc) is 3.34. The van der Waals surface area contributed by atoms with Gasteiger partial charge in [0.15, 0.2) is 18.2 Å². The highest BCUT2D eigenvalue weighted by Crippen LogP contribution is 2.44. The van der Waals surface area contributed by atoms with Gasteiger partial charge < -0.3 is 14.2 Å². The molecule has 0 spiro atoms. The lowest BCUT2D eigenvalue weighted by molar-refractivity contribution is -0.135. The number of fused-ring (bicyclic) bond motifs is 1. The van der Waals surface area contributed by atoms with Gasteiger partial charge in [-0.15, -0.1) is 0 Å². The maximum atomic E-state index is 14.1. The number of nitrogens with zero attached hydrogens (tertiary/aromatic N) is 2. The van der Waals surface area contributed by atoms with Gasteiger partial charge in [-0.2, -0.15) is 5.10 Å². The van der Waals surface area contributed by atoms with Crippen molar-refractivity contribution in [1.82, 2.24) is 5.01 Å².